The summed E-state index contributed by atoms with van der Waals surface area (Å²) < 4.78 is 10.5. The van der Waals surface area contributed by atoms with E-state index >= 15 is 0 Å². The second kappa shape index (κ2) is 8.91. The molecular formula is C11H18IN3O2. The van der Waals surface area contributed by atoms with E-state index in [4.69, 9.17) is 20.9 Å². The third-order valence-corrected chi connectivity index (χ3v) is 1.92. The van der Waals surface area contributed by atoms with Crippen molar-refractivity contribution in [2.45, 2.75) is 6.42 Å². The summed E-state index contributed by atoms with van der Waals surface area (Å²) in [6, 6.07) is 7.43. The average Bonchev–Trinajstić information content (AvgIpc) is 2.29. The molecule has 0 atom stereocenters. The van der Waals surface area contributed by atoms with E-state index in [1.165, 1.54) is 0 Å². The minimum atomic E-state index is 0. The van der Waals surface area contributed by atoms with E-state index in [0.29, 0.717) is 13.2 Å². The molecule has 0 radical (unpaired) electrons. The van der Waals surface area contributed by atoms with E-state index in [1.807, 2.05) is 24.3 Å². The summed E-state index contributed by atoms with van der Waals surface area (Å²) in [6.45, 7) is 1.17. The lowest BCUT2D eigenvalue weighted by atomic mass is 10.3. The van der Waals surface area contributed by atoms with Crippen LogP contribution in [-0.2, 0) is 0 Å². The monoisotopic (exact) mass is 351 g/mol. The normalized spacial score (nSPS) is 9.00. The molecule has 0 heterocycles. The molecule has 0 saturated heterocycles. The van der Waals surface area contributed by atoms with Gasteiger partial charge in [-0.2, -0.15) is 0 Å². The fraction of sp³-hybridized carbons (Fsp3) is 0.364. The maximum absolute atomic E-state index is 5.48. The number of aliphatic imine (C=N–C) groups is 1. The van der Waals surface area contributed by atoms with Crippen LogP contribution in [0.25, 0.3) is 0 Å². The first-order chi connectivity index (χ1) is 7.72. The average molecular weight is 351 g/mol. The van der Waals surface area contributed by atoms with Crippen LogP contribution in [0.5, 0.6) is 11.5 Å². The van der Waals surface area contributed by atoms with E-state index in [0.717, 1.165) is 17.9 Å². The van der Waals surface area contributed by atoms with Gasteiger partial charge in [0.25, 0.3) is 0 Å². The van der Waals surface area contributed by atoms with E-state index in [9.17, 15) is 0 Å². The highest BCUT2D eigenvalue weighted by atomic mass is 127. The molecule has 0 unspecified atom stereocenters. The van der Waals surface area contributed by atoms with Crippen molar-refractivity contribution >= 4 is 29.9 Å². The van der Waals surface area contributed by atoms with Gasteiger partial charge in [-0.3, -0.25) is 4.99 Å². The summed E-state index contributed by atoms with van der Waals surface area (Å²) in [5, 5.41) is 0. The fourth-order valence-electron chi connectivity index (χ4n) is 1.13. The van der Waals surface area contributed by atoms with E-state index in [-0.39, 0.29) is 29.9 Å². The molecular weight excluding hydrogens is 333 g/mol. The lowest BCUT2D eigenvalue weighted by molar-refractivity contribution is 0.313. The van der Waals surface area contributed by atoms with E-state index in [1.54, 1.807) is 7.11 Å². The summed E-state index contributed by atoms with van der Waals surface area (Å²) in [5.74, 6) is 1.74. The molecule has 0 spiro atoms. The molecule has 0 saturated carbocycles. The first-order valence-electron chi connectivity index (χ1n) is 5.04. The largest absolute Gasteiger partial charge is 0.497 e. The number of methoxy groups -OCH3 is 1. The highest BCUT2D eigenvalue weighted by Gasteiger charge is 1.94. The molecule has 1 rings (SSSR count). The lowest BCUT2D eigenvalue weighted by Gasteiger charge is -2.05. The topological polar surface area (TPSA) is 82.9 Å². The maximum Gasteiger partial charge on any atom is 0.185 e. The molecule has 4 N–H and O–H groups in total. The standard InChI is InChI=1S/C11H17N3O2.HI/c1-15-9-3-5-10(6-4-9)16-8-2-7-14-11(12)13;/h3-6H,2,7-8H2,1H3,(H4,12,13,14);1H. The predicted molar refractivity (Wildman–Crippen MR) is 79.2 cm³/mol. The molecule has 17 heavy (non-hydrogen) atoms. The van der Waals surface area contributed by atoms with E-state index < -0.39 is 0 Å². The van der Waals surface area contributed by atoms with E-state index in [2.05, 4.69) is 4.99 Å². The van der Waals surface area contributed by atoms with Crippen LogP contribution in [0.1, 0.15) is 6.42 Å². The Kier molecular flexibility index (Phi) is 8.29. The van der Waals surface area contributed by atoms with Gasteiger partial charge in [0, 0.05) is 13.0 Å². The molecule has 0 bridgehead atoms. The number of benzene rings is 1. The smallest absolute Gasteiger partial charge is 0.185 e. The number of hydrogen-bond donors (Lipinski definition) is 2. The second-order valence-electron chi connectivity index (χ2n) is 3.18. The van der Waals surface area contributed by atoms with Crippen molar-refractivity contribution in [3.63, 3.8) is 0 Å². The lowest BCUT2D eigenvalue weighted by Crippen LogP contribution is -2.23. The Labute approximate surface area is 118 Å². The Morgan fingerprint density at radius 2 is 1.76 bits per heavy atom. The first kappa shape index (κ1) is 15.8. The Hall–Kier alpha value is -1.18. The third-order valence-electron chi connectivity index (χ3n) is 1.92. The summed E-state index contributed by atoms with van der Waals surface area (Å²) in [5.41, 5.74) is 10.4. The van der Waals surface area contributed by atoms with Crippen LogP contribution in [-0.4, -0.2) is 26.2 Å². The Morgan fingerprint density at radius 1 is 1.18 bits per heavy atom. The van der Waals surface area contributed by atoms with Crippen molar-refractivity contribution in [2.75, 3.05) is 20.3 Å². The third kappa shape index (κ3) is 6.88. The van der Waals surface area contributed by atoms with Crippen LogP contribution in [0.2, 0.25) is 0 Å². The minimum absolute atomic E-state index is 0. The summed E-state index contributed by atoms with van der Waals surface area (Å²) in [4.78, 5) is 3.86. The van der Waals surface area contributed by atoms with Gasteiger partial charge in [0.05, 0.1) is 13.7 Å². The van der Waals surface area contributed by atoms with Crippen molar-refractivity contribution in [2.24, 2.45) is 16.5 Å². The SMILES string of the molecule is COc1ccc(OCCCN=C(N)N)cc1.I. The Morgan fingerprint density at radius 3 is 2.29 bits per heavy atom. The number of ether oxygens (including phenoxy) is 2. The van der Waals surface area contributed by atoms with Crippen molar-refractivity contribution < 1.29 is 9.47 Å². The van der Waals surface area contributed by atoms with Crippen LogP contribution in [0.15, 0.2) is 29.3 Å². The highest BCUT2D eigenvalue weighted by Crippen LogP contribution is 2.16. The Bertz CT molecular complexity index is 337. The van der Waals surface area contributed by atoms with Gasteiger partial charge in [-0.05, 0) is 24.3 Å². The van der Waals surface area contributed by atoms with Gasteiger partial charge in [-0.25, -0.2) is 0 Å². The summed E-state index contributed by atoms with van der Waals surface area (Å²) in [6.07, 6.45) is 0.782. The second-order valence-corrected chi connectivity index (χ2v) is 3.18. The van der Waals surface area contributed by atoms with Crippen LogP contribution < -0.4 is 20.9 Å². The molecule has 96 valence electrons. The van der Waals surface area contributed by atoms with Gasteiger partial charge >= 0.3 is 0 Å². The van der Waals surface area contributed by atoms with Gasteiger partial charge in [0.1, 0.15) is 11.5 Å². The first-order valence-corrected chi connectivity index (χ1v) is 5.04. The molecule has 0 aliphatic rings. The molecule has 0 aliphatic heterocycles. The molecule has 6 heteroatoms. The molecule has 5 nitrogen and oxygen atoms in total. The zero-order chi connectivity index (χ0) is 11.8. The van der Waals surface area contributed by atoms with Crippen molar-refractivity contribution in [1.29, 1.82) is 0 Å². The number of guanidine groups is 1. The Balaban J connectivity index is 0.00000256. The zero-order valence-electron chi connectivity index (χ0n) is 9.76. The van der Waals surface area contributed by atoms with Gasteiger partial charge < -0.3 is 20.9 Å². The minimum Gasteiger partial charge on any atom is -0.497 e. The number of nitrogens with zero attached hydrogens (tertiary/aromatic N) is 1. The maximum atomic E-state index is 5.48. The van der Waals surface area contributed by atoms with Crippen LogP contribution in [0.3, 0.4) is 0 Å². The quantitative estimate of drug-likeness (QED) is 0.351. The van der Waals surface area contributed by atoms with Crippen LogP contribution in [0.4, 0.5) is 0 Å². The molecule has 0 aromatic heterocycles. The van der Waals surface area contributed by atoms with Crippen LogP contribution >= 0.6 is 24.0 Å². The van der Waals surface area contributed by atoms with Gasteiger partial charge in [0.2, 0.25) is 0 Å². The van der Waals surface area contributed by atoms with Gasteiger partial charge in [-0.15, -0.1) is 24.0 Å². The number of rotatable bonds is 6. The summed E-state index contributed by atoms with van der Waals surface area (Å²) >= 11 is 0. The number of nitrogens with two attached hydrogens (primary N) is 2. The predicted octanol–water partition coefficient (Wildman–Crippen LogP) is 1.36. The van der Waals surface area contributed by atoms with Gasteiger partial charge in [0.15, 0.2) is 5.96 Å². The highest BCUT2D eigenvalue weighted by molar-refractivity contribution is 14.0. The fourth-order valence-corrected chi connectivity index (χ4v) is 1.13. The number of hydrogen-bond acceptors (Lipinski definition) is 3. The summed E-state index contributed by atoms with van der Waals surface area (Å²) in [7, 11) is 1.63. The molecule has 0 aliphatic carbocycles. The van der Waals surface area contributed by atoms with Gasteiger partial charge in [-0.1, -0.05) is 0 Å². The number of halogens is 1. The van der Waals surface area contributed by atoms with Crippen LogP contribution in [0, 0.1) is 0 Å². The molecule has 1 aromatic carbocycles. The van der Waals surface area contributed by atoms with Crippen molar-refractivity contribution in [1.82, 2.24) is 0 Å². The molecule has 0 amide bonds. The zero-order valence-corrected chi connectivity index (χ0v) is 12.1. The molecule has 1 aromatic rings. The van der Waals surface area contributed by atoms with Crippen molar-refractivity contribution in [3.05, 3.63) is 24.3 Å². The molecule has 0 fully saturated rings. The van der Waals surface area contributed by atoms with Crippen molar-refractivity contribution in [3.8, 4) is 11.5 Å².